The number of aliphatic hydroxyl groups excluding tert-OH is 1. The van der Waals surface area contributed by atoms with E-state index in [4.69, 9.17) is 9.47 Å². The van der Waals surface area contributed by atoms with Crippen LogP contribution in [0.2, 0.25) is 24.2 Å². The predicted octanol–water partition coefficient (Wildman–Crippen LogP) is 6.39. The van der Waals surface area contributed by atoms with Crippen molar-refractivity contribution in [3.63, 3.8) is 0 Å². The third-order valence-electron chi connectivity index (χ3n) is 12.3. The highest BCUT2D eigenvalue weighted by Gasteiger charge is 2.66. The minimum atomic E-state index is -1.87. The number of aromatic nitrogens is 3. The van der Waals surface area contributed by atoms with Crippen molar-refractivity contribution in [2.75, 3.05) is 14.2 Å². The fourth-order valence-electron chi connectivity index (χ4n) is 9.93. The molecule has 1 amide bonds. The number of ether oxygens (including phenoxy) is 2. The summed E-state index contributed by atoms with van der Waals surface area (Å²) in [5, 5.41) is 19.9. The minimum Gasteiger partial charge on any atom is -0.386 e. The smallest absolute Gasteiger partial charge is 0.263 e. The number of carbonyl (C=O) groups is 1. The monoisotopic (exact) mass is 598 g/mol. The number of nitrogens with zero attached hydrogens (tertiary/aromatic N) is 4. The van der Waals surface area contributed by atoms with Gasteiger partial charge in [0, 0.05) is 32.3 Å². The van der Waals surface area contributed by atoms with Gasteiger partial charge in [-0.15, -0.1) is 5.10 Å². The Hall–Kier alpha value is -1.55. The van der Waals surface area contributed by atoms with Gasteiger partial charge in [0.1, 0.15) is 11.8 Å². The second-order valence-corrected chi connectivity index (χ2v) is 19.9. The summed E-state index contributed by atoms with van der Waals surface area (Å²) >= 11 is 0. The van der Waals surface area contributed by atoms with E-state index in [0.717, 1.165) is 57.8 Å². The molecule has 2 saturated carbocycles. The number of amides is 1. The Morgan fingerprint density at radius 1 is 1.10 bits per heavy atom. The van der Waals surface area contributed by atoms with Crippen molar-refractivity contribution in [3.05, 3.63) is 23.2 Å². The first-order chi connectivity index (χ1) is 20.2. The summed E-state index contributed by atoms with van der Waals surface area (Å²) in [7, 11) is 1.95. The van der Waals surface area contributed by atoms with Gasteiger partial charge in [0.2, 0.25) is 0 Å². The van der Waals surface area contributed by atoms with Crippen LogP contribution >= 0.6 is 0 Å². The first kappa shape index (κ1) is 30.5. The van der Waals surface area contributed by atoms with Crippen LogP contribution < -0.4 is 0 Å². The maximum absolute atomic E-state index is 14.2. The molecule has 0 bridgehead atoms. The summed E-state index contributed by atoms with van der Waals surface area (Å²) in [5.74, 6) is 0.612. The fraction of sp³-hybridized carbons (Fsp3) is 0.848. The molecule has 0 radical (unpaired) electrons. The number of methoxy groups -OCH3 is 1. The second kappa shape index (κ2) is 12.1. The molecule has 1 N–H and O–H groups in total. The lowest BCUT2D eigenvalue weighted by atomic mass is 9.78. The van der Waals surface area contributed by atoms with E-state index in [-0.39, 0.29) is 23.8 Å². The maximum Gasteiger partial charge on any atom is 0.263 e. The summed E-state index contributed by atoms with van der Waals surface area (Å²) in [6, 6.07) is 0. The molecule has 1 spiro atoms. The Bertz CT molecular complexity index is 1150. The Labute approximate surface area is 253 Å². The van der Waals surface area contributed by atoms with Crippen molar-refractivity contribution in [3.8, 4) is 0 Å². The van der Waals surface area contributed by atoms with E-state index in [9.17, 15) is 9.90 Å². The molecule has 3 fully saturated rings. The first-order valence-corrected chi connectivity index (χ1v) is 20.1. The topological polar surface area (TPSA) is 89.7 Å². The van der Waals surface area contributed by atoms with Crippen molar-refractivity contribution in [1.82, 2.24) is 19.9 Å². The molecule has 5 atom stereocenters. The van der Waals surface area contributed by atoms with Crippen LogP contribution in [-0.4, -0.2) is 70.9 Å². The summed E-state index contributed by atoms with van der Waals surface area (Å²) in [5.41, 5.74) is 3.49. The van der Waals surface area contributed by atoms with Gasteiger partial charge in [-0.05, 0) is 80.4 Å². The zero-order valence-corrected chi connectivity index (χ0v) is 27.7. The van der Waals surface area contributed by atoms with Gasteiger partial charge in [-0.2, -0.15) is 0 Å². The molecule has 6 rings (SSSR count). The standard InChI is InChI=1S/C33H54N4O4Si/c1-22-31(42(4,5)25-17-15-24(40-3)16-18-25)29(41-33(22)26-13-9-10-14-28(26)36(2)32(33)39)19-20-37-21-27(34-35-37)30(38)23-11-7-6-8-12-23/h21-25,29-31,38H,6-20H2,1-5H3/t22-,24?,25?,29+,30-,31-,33+/m1/s1. The third-order valence-corrected chi connectivity index (χ3v) is 17.6. The Morgan fingerprint density at radius 3 is 2.52 bits per heavy atom. The summed E-state index contributed by atoms with van der Waals surface area (Å²) < 4.78 is 14.9. The van der Waals surface area contributed by atoms with Crippen LogP contribution in [0.1, 0.15) is 109 Å². The molecule has 0 aromatic carbocycles. The van der Waals surface area contributed by atoms with Crippen LogP contribution in [0.5, 0.6) is 0 Å². The number of rotatable bonds is 8. The highest BCUT2D eigenvalue weighted by atomic mass is 28.3. The zero-order valence-electron chi connectivity index (χ0n) is 26.7. The SMILES string of the molecule is COC1CCC([Si](C)(C)[C@H]2[C@H](CCn3cc([C@H](O)C4CCCCC4)nn3)O[C@@]3(C(=O)N(C)C4=C3CCCC4)[C@@H]2C)CC1. The van der Waals surface area contributed by atoms with Gasteiger partial charge < -0.3 is 19.5 Å². The number of carbonyl (C=O) groups excluding carboxylic acids is 1. The molecule has 3 heterocycles. The van der Waals surface area contributed by atoms with Gasteiger partial charge in [-0.1, -0.05) is 57.3 Å². The van der Waals surface area contributed by atoms with Crippen LogP contribution in [0.4, 0.5) is 0 Å². The van der Waals surface area contributed by atoms with Crippen LogP contribution in [0.25, 0.3) is 0 Å². The first-order valence-electron chi connectivity index (χ1n) is 17.0. The minimum absolute atomic E-state index is 0.00357. The molecular weight excluding hydrogens is 544 g/mol. The quantitative estimate of drug-likeness (QED) is 0.349. The highest BCUT2D eigenvalue weighted by molar-refractivity contribution is 6.80. The average molecular weight is 599 g/mol. The van der Waals surface area contributed by atoms with E-state index in [0.29, 0.717) is 29.4 Å². The lowest BCUT2D eigenvalue weighted by Crippen LogP contribution is -2.49. The number of hydrogen-bond donors (Lipinski definition) is 1. The molecule has 2 aliphatic heterocycles. The number of likely N-dealkylation sites (N-methyl/N-ethyl adjacent to an activating group) is 1. The lowest BCUT2D eigenvalue weighted by molar-refractivity contribution is -0.148. The van der Waals surface area contributed by atoms with Gasteiger partial charge in [-0.3, -0.25) is 9.48 Å². The molecule has 9 heteroatoms. The molecule has 1 aromatic rings. The molecule has 5 aliphatic rings. The Kier molecular flexibility index (Phi) is 8.77. The van der Waals surface area contributed by atoms with E-state index in [1.807, 2.05) is 29.9 Å². The largest absolute Gasteiger partial charge is 0.386 e. The van der Waals surface area contributed by atoms with Crippen molar-refractivity contribution >= 4 is 14.0 Å². The van der Waals surface area contributed by atoms with E-state index in [1.54, 1.807) is 0 Å². The summed E-state index contributed by atoms with van der Waals surface area (Å²) in [6.07, 6.45) is 17.3. The van der Waals surface area contributed by atoms with Gasteiger partial charge in [-0.25, -0.2) is 0 Å². The highest BCUT2D eigenvalue weighted by Crippen LogP contribution is 2.61. The molecule has 3 aliphatic carbocycles. The molecular formula is C33H54N4O4Si. The van der Waals surface area contributed by atoms with Crippen molar-refractivity contribution in [2.24, 2.45) is 11.8 Å². The van der Waals surface area contributed by atoms with Crippen LogP contribution in [-0.2, 0) is 20.8 Å². The van der Waals surface area contributed by atoms with Crippen molar-refractivity contribution in [2.45, 2.75) is 151 Å². The Balaban J connectivity index is 1.26. The molecule has 8 nitrogen and oxygen atoms in total. The fourth-order valence-corrected chi connectivity index (χ4v) is 15.0. The van der Waals surface area contributed by atoms with Crippen LogP contribution in [0, 0.1) is 11.8 Å². The second-order valence-electron chi connectivity index (χ2n) is 14.8. The number of aliphatic hydroxyl groups is 1. The third kappa shape index (κ3) is 5.14. The maximum atomic E-state index is 14.2. The summed E-state index contributed by atoms with van der Waals surface area (Å²) in [4.78, 5) is 16.1. The molecule has 1 saturated heterocycles. The van der Waals surface area contributed by atoms with Crippen molar-refractivity contribution in [1.29, 1.82) is 0 Å². The summed E-state index contributed by atoms with van der Waals surface area (Å²) in [6.45, 7) is 8.18. The molecule has 234 valence electrons. The van der Waals surface area contributed by atoms with E-state index in [1.165, 1.54) is 43.4 Å². The normalized spacial score (nSPS) is 35.3. The number of hydrogen-bond acceptors (Lipinski definition) is 6. The number of aryl methyl sites for hydroxylation is 1. The molecule has 1 aromatic heterocycles. The van der Waals surface area contributed by atoms with E-state index < -0.39 is 19.8 Å². The van der Waals surface area contributed by atoms with Crippen molar-refractivity contribution < 1.29 is 19.4 Å². The van der Waals surface area contributed by atoms with E-state index >= 15 is 0 Å². The van der Waals surface area contributed by atoms with Gasteiger partial charge in [0.25, 0.3) is 5.91 Å². The number of fused-ring (bicyclic) bond motifs is 1. The van der Waals surface area contributed by atoms with Crippen LogP contribution in [0.3, 0.4) is 0 Å². The average Bonchev–Trinajstić information content (AvgIpc) is 3.67. The predicted molar refractivity (Wildman–Crippen MR) is 165 cm³/mol. The van der Waals surface area contributed by atoms with Crippen LogP contribution in [0.15, 0.2) is 17.5 Å². The Morgan fingerprint density at radius 2 is 1.81 bits per heavy atom. The van der Waals surface area contributed by atoms with Gasteiger partial charge >= 0.3 is 0 Å². The zero-order chi connectivity index (χ0) is 29.6. The van der Waals surface area contributed by atoms with E-state index in [2.05, 4.69) is 30.3 Å². The lowest BCUT2D eigenvalue weighted by Gasteiger charge is -2.45. The van der Waals surface area contributed by atoms with Gasteiger partial charge in [0.05, 0.1) is 26.5 Å². The molecule has 42 heavy (non-hydrogen) atoms. The molecule has 0 unspecified atom stereocenters. The number of allylic oxidation sites excluding steroid dienone is 1. The van der Waals surface area contributed by atoms with Gasteiger partial charge in [0.15, 0.2) is 5.60 Å².